The second kappa shape index (κ2) is 16.0. The van der Waals surface area contributed by atoms with Gasteiger partial charge < -0.3 is 37.0 Å². The van der Waals surface area contributed by atoms with E-state index in [1.165, 1.54) is 12.1 Å². The molecule has 0 aliphatic rings. The van der Waals surface area contributed by atoms with Gasteiger partial charge in [-0.15, -0.1) is 0 Å². The number of carboxylic acids is 2. The third-order valence-electron chi connectivity index (χ3n) is 6.25. The lowest BCUT2D eigenvalue weighted by atomic mass is 10.0. The van der Waals surface area contributed by atoms with E-state index >= 15 is 0 Å². The van der Waals surface area contributed by atoms with Crippen LogP contribution >= 0.6 is 0 Å². The molecule has 222 valence electrons. The molecular formula is C29H38N4O8. The van der Waals surface area contributed by atoms with Gasteiger partial charge in [0, 0.05) is 12.8 Å². The van der Waals surface area contributed by atoms with E-state index in [0.29, 0.717) is 11.1 Å². The minimum Gasteiger partial charge on any atom is -0.508 e. The summed E-state index contributed by atoms with van der Waals surface area (Å²) in [5.74, 6) is -4.68. The number of rotatable bonds is 16. The van der Waals surface area contributed by atoms with Crippen molar-refractivity contribution in [3.05, 3.63) is 65.7 Å². The Balaban J connectivity index is 2.14. The van der Waals surface area contributed by atoms with Gasteiger partial charge in [-0.1, -0.05) is 56.3 Å². The number of carbonyl (C=O) groups excluding carboxylic acids is 3. The highest BCUT2D eigenvalue weighted by atomic mass is 16.4. The molecule has 0 saturated heterocycles. The molecule has 0 fully saturated rings. The van der Waals surface area contributed by atoms with Crippen molar-refractivity contribution >= 4 is 29.7 Å². The molecule has 4 unspecified atom stereocenters. The zero-order chi connectivity index (χ0) is 30.5. The number of aromatic hydroxyl groups is 1. The van der Waals surface area contributed by atoms with Crippen LogP contribution in [0.3, 0.4) is 0 Å². The highest BCUT2D eigenvalue weighted by Crippen LogP contribution is 2.12. The predicted molar refractivity (Wildman–Crippen MR) is 150 cm³/mol. The number of carbonyl (C=O) groups is 5. The standard InChI is InChI=1S/C29H38N4O8/c1-17(2)14-23(28(39)33-24(29(40)41)16-18-6-4-3-5-7-18)32-27(38)22(12-13-25(35)36)31-26(37)21(30)15-19-8-10-20(34)11-9-19/h3-11,17,21-24,34H,12-16,30H2,1-2H3,(H,31,37)(H,32,38)(H,33,39)(H,35,36)(H,40,41). The molecule has 0 aromatic heterocycles. The van der Waals surface area contributed by atoms with E-state index in [1.807, 2.05) is 13.8 Å². The summed E-state index contributed by atoms with van der Waals surface area (Å²) < 4.78 is 0. The number of hydrogen-bond acceptors (Lipinski definition) is 7. The van der Waals surface area contributed by atoms with Gasteiger partial charge in [-0.2, -0.15) is 0 Å². The minimum atomic E-state index is -1.31. The Morgan fingerprint density at radius 3 is 1.83 bits per heavy atom. The summed E-state index contributed by atoms with van der Waals surface area (Å²) in [5, 5.41) is 35.8. The van der Waals surface area contributed by atoms with Gasteiger partial charge in [0.1, 0.15) is 23.9 Å². The first-order valence-electron chi connectivity index (χ1n) is 13.3. The van der Waals surface area contributed by atoms with Crippen LogP contribution in [0.2, 0.25) is 0 Å². The maximum Gasteiger partial charge on any atom is 0.326 e. The molecule has 2 aromatic rings. The Hall–Kier alpha value is -4.45. The van der Waals surface area contributed by atoms with E-state index in [-0.39, 0.29) is 37.4 Å². The molecule has 2 aromatic carbocycles. The van der Waals surface area contributed by atoms with Gasteiger partial charge in [-0.05, 0) is 48.4 Å². The number of nitrogens with one attached hydrogen (secondary N) is 3. The van der Waals surface area contributed by atoms with E-state index in [1.54, 1.807) is 42.5 Å². The molecule has 12 nitrogen and oxygen atoms in total. The topological polar surface area (TPSA) is 208 Å². The Labute approximate surface area is 238 Å². The summed E-state index contributed by atoms with van der Waals surface area (Å²) in [7, 11) is 0. The van der Waals surface area contributed by atoms with E-state index in [0.717, 1.165) is 0 Å². The van der Waals surface area contributed by atoms with Crippen LogP contribution in [0.4, 0.5) is 0 Å². The third-order valence-corrected chi connectivity index (χ3v) is 6.25. The first-order chi connectivity index (χ1) is 19.3. The number of nitrogens with two attached hydrogens (primary N) is 1. The van der Waals surface area contributed by atoms with Gasteiger partial charge in [0.05, 0.1) is 6.04 Å². The van der Waals surface area contributed by atoms with Crippen LogP contribution in [0.25, 0.3) is 0 Å². The van der Waals surface area contributed by atoms with Crippen LogP contribution < -0.4 is 21.7 Å². The molecule has 0 radical (unpaired) electrons. The lowest BCUT2D eigenvalue weighted by molar-refractivity contribution is -0.142. The average molecular weight is 571 g/mol. The average Bonchev–Trinajstić information content (AvgIpc) is 2.91. The molecule has 41 heavy (non-hydrogen) atoms. The number of phenols is 1. The number of benzene rings is 2. The zero-order valence-electron chi connectivity index (χ0n) is 23.1. The monoisotopic (exact) mass is 570 g/mol. The van der Waals surface area contributed by atoms with Crippen LogP contribution in [-0.2, 0) is 36.8 Å². The van der Waals surface area contributed by atoms with E-state index < -0.39 is 60.2 Å². The molecule has 0 spiro atoms. The van der Waals surface area contributed by atoms with Crippen molar-refractivity contribution in [2.24, 2.45) is 11.7 Å². The van der Waals surface area contributed by atoms with Crippen molar-refractivity contribution in [1.82, 2.24) is 16.0 Å². The Bertz CT molecular complexity index is 1190. The molecule has 3 amide bonds. The van der Waals surface area contributed by atoms with Gasteiger partial charge in [0.15, 0.2) is 0 Å². The lowest BCUT2D eigenvalue weighted by Crippen LogP contribution is -2.57. The number of aliphatic carboxylic acids is 2. The molecule has 2 rings (SSSR count). The second-order valence-corrected chi connectivity index (χ2v) is 10.3. The Morgan fingerprint density at radius 1 is 0.732 bits per heavy atom. The summed E-state index contributed by atoms with van der Waals surface area (Å²) in [4.78, 5) is 62.3. The molecule has 4 atom stereocenters. The first-order valence-corrected chi connectivity index (χ1v) is 13.3. The lowest BCUT2D eigenvalue weighted by Gasteiger charge is -2.26. The molecule has 0 aliphatic carbocycles. The quantitative estimate of drug-likeness (QED) is 0.153. The van der Waals surface area contributed by atoms with Gasteiger partial charge >= 0.3 is 11.9 Å². The Kier molecular flexibility index (Phi) is 12.8. The molecule has 0 aliphatic heterocycles. The molecule has 12 heteroatoms. The summed E-state index contributed by atoms with van der Waals surface area (Å²) in [6.45, 7) is 3.63. The number of phenolic OH excluding ortho intramolecular Hbond substituents is 1. The van der Waals surface area contributed by atoms with Gasteiger partial charge in [0.2, 0.25) is 17.7 Å². The van der Waals surface area contributed by atoms with Crippen molar-refractivity contribution in [3.63, 3.8) is 0 Å². The predicted octanol–water partition coefficient (Wildman–Crippen LogP) is 0.955. The second-order valence-electron chi connectivity index (χ2n) is 10.3. The summed E-state index contributed by atoms with van der Waals surface area (Å²) in [6.07, 6.45) is -0.420. The fourth-order valence-electron chi connectivity index (χ4n) is 4.09. The van der Waals surface area contributed by atoms with Gasteiger partial charge in [-0.25, -0.2) is 4.79 Å². The van der Waals surface area contributed by atoms with Gasteiger partial charge in [-0.3, -0.25) is 19.2 Å². The summed E-state index contributed by atoms with van der Waals surface area (Å²) in [5.41, 5.74) is 7.37. The SMILES string of the molecule is CC(C)CC(NC(=O)C(CCC(=O)O)NC(=O)C(N)Cc1ccc(O)cc1)C(=O)NC(Cc1ccccc1)C(=O)O. The highest BCUT2D eigenvalue weighted by Gasteiger charge is 2.31. The van der Waals surface area contributed by atoms with Crippen molar-refractivity contribution in [1.29, 1.82) is 0 Å². The fraction of sp³-hybridized carbons (Fsp3) is 0.414. The van der Waals surface area contributed by atoms with E-state index in [9.17, 15) is 34.2 Å². The molecule has 0 saturated carbocycles. The van der Waals surface area contributed by atoms with Crippen LogP contribution in [0, 0.1) is 5.92 Å². The molecule has 8 N–H and O–H groups in total. The van der Waals surface area contributed by atoms with Crippen LogP contribution in [-0.4, -0.2) is 69.1 Å². The summed E-state index contributed by atoms with van der Waals surface area (Å²) in [6, 6.07) is 10.0. The van der Waals surface area contributed by atoms with Crippen molar-refractivity contribution in [2.75, 3.05) is 0 Å². The third kappa shape index (κ3) is 11.7. The first kappa shape index (κ1) is 32.8. The van der Waals surface area contributed by atoms with Crippen LogP contribution in [0.15, 0.2) is 54.6 Å². The highest BCUT2D eigenvalue weighted by molar-refractivity contribution is 5.94. The number of hydrogen-bond donors (Lipinski definition) is 7. The van der Waals surface area contributed by atoms with Crippen LogP contribution in [0.1, 0.15) is 44.2 Å². The minimum absolute atomic E-state index is 0.0282. The van der Waals surface area contributed by atoms with Gasteiger partial charge in [0.25, 0.3) is 0 Å². The summed E-state index contributed by atoms with van der Waals surface area (Å²) >= 11 is 0. The normalized spacial score (nSPS) is 13.9. The maximum absolute atomic E-state index is 13.2. The van der Waals surface area contributed by atoms with E-state index in [2.05, 4.69) is 16.0 Å². The molecular weight excluding hydrogens is 532 g/mol. The van der Waals surface area contributed by atoms with E-state index in [4.69, 9.17) is 10.8 Å². The van der Waals surface area contributed by atoms with Crippen molar-refractivity contribution in [2.45, 2.75) is 70.1 Å². The number of carboxylic acid groups (broad SMARTS) is 2. The maximum atomic E-state index is 13.2. The largest absolute Gasteiger partial charge is 0.508 e. The number of amides is 3. The Morgan fingerprint density at radius 2 is 1.27 bits per heavy atom. The smallest absolute Gasteiger partial charge is 0.326 e. The zero-order valence-corrected chi connectivity index (χ0v) is 23.1. The van der Waals surface area contributed by atoms with Crippen molar-refractivity contribution < 1.29 is 39.3 Å². The van der Waals surface area contributed by atoms with Crippen LogP contribution in [0.5, 0.6) is 5.75 Å². The molecule has 0 bridgehead atoms. The fourth-order valence-corrected chi connectivity index (χ4v) is 4.09. The van der Waals surface area contributed by atoms with Crippen molar-refractivity contribution in [3.8, 4) is 5.75 Å². The molecule has 0 heterocycles.